The zero-order valence-corrected chi connectivity index (χ0v) is 14.6. The van der Waals surface area contributed by atoms with Crippen molar-refractivity contribution < 1.29 is 4.79 Å². The Kier molecular flexibility index (Phi) is 6.88. The Labute approximate surface area is 145 Å². The topological polar surface area (TPSA) is 44.4 Å². The van der Waals surface area contributed by atoms with E-state index in [1.807, 2.05) is 0 Å². The van der Waals surface area contributed by atoms with Crippen LogP contribution in [0.15, 0.2) is 30.3 Å². The number of rotatable bonds is 4. The summed E-state index contributed by atoms with van der Waals surface area (Å²) in [4.78, 5) is 14.8. The number of likely N-dealkylation sites (tertiary alicyclic amines) is 1. The Morgan fingerprint density at radius 3 is 2.83 bits per heavy atom. The number of piperidine rings is 1. The second-order valence-electron chi connectivity index (χ2n) is 6.85. The molecule has 2 aliphatic heterocycles. The van der Waals surface area contributed by atoms with Crippen molar-refractivity contribution >= 4 is 18.3 Å². The molecule has 1 amide bonds. The maximum absolute atomic E-state index is 12.4. The van der Waals surface area contributed by atoms with Crippen molar-refractivity contribution in [3.05, 3.63) is 35.9 Å². The first kappa shape index (κ1) is 18.2. The third-order valence-corrected chi connectivity index (χ3v) is 4.85. The van der Waals surface area contributed by atoms with Crippen molar-refractivity contribution in [2.45, 2.75) is 44.8 Å². The lowest BCUT2D eigenvalue weighted by molar-refractivity contribution is -0.124. The number of nitrogens with one attached hydrogen (secondary N) is 2. The summed E-state index contributed by atoms with van der Waals surface area (Å²) in [7, 11) is 0. The van der Waals surface area contributed by atoms with Crippen LogP contribution in [0.5, 0.6) is 0 Å². The first-order chi connectivity index (χ1) is 10.7. The van der Waals surface area contributed by atoms with Crippen LogP contribution in [0.3, 0.4) is 0 Å². The third-order valence-electron chi connectivity index (χ3n) is 4.85. The Bertz CT molecular complexity index is 496. The van der Waals surface area contributed by atoms with Crippen LogP contribution in [-0.2, 0) is 11.3 Å². The molecule has 0 aliphatic carbocycles. The molecule has 2 fully saturated rings. The highest BCUT2D eigenvalue weighted by atomic mass is 35.5. The van der Waals surface area contributed by atoms with E-state index in [2.05, 4.69) is 52.8 Å². The number of hydrogen-bond donors (Lipinski definition) is 2. The minimum Gasteiger partial charge on any atom is -0.351 e. The van der Waals surface area contributed by atoms with E-state index in [1.54, 1.807) is 0 Å². The van der Waals surface area contributed by atoms with Crippen LogP contribution in [0.25, 0.3) is 0 Å². The molecule has 0 radical (unpaired) electrons. The molecule has 4 nitrogen and oxygen atoms in total. The van der Waals surface area contributed by atoms with Gasteiger partial charge in [0.15, 0.2) is 0 Å². The fourth-order valence-electron chi connectivity index (χ4n) is 3.54. The Morgan fingerprint density at radius 2 is 2.09 bits per heavy atom. The summed E-state index contributed by atoms with van der Waals surface area (Å²) in [6.07, 6.45) is 3.20. The second-order valence-corrected chi connectivity index (χ2v) is 6.85. The Hall–Kier alpha value is -1.10. The molecular weight excluding hydrogens is 310 g/mol. The standard InChI is InChI=1S/C18H27N3O.ClH/c1-14-7-9-19-17(11-14)18(22)20-16-8-10-21(13-16)12-15-5-3-2-4-6-15;/h2-6,14,16-17,19H,7-13H2,1H3,(H,20,22);1H. The van der Waals surface area contributed by atoms with Gasteiger partial charge in [-0.15, -0.1) is 12.4 Å². The molecule has 2 N–H and O–H groups in total. The predicted molar refractivity (Wildman–Crippen MR) is 95.7 cm³/mol. The molecule has 2 saturated heterocycles. The van der Waals surface area contributed by atoms with E-state index in [0.717, 1.165) is 39.0 Å². The molecule has 0 spiro atoms. The van der Waals surface area contributed by atoms with E-state index in [0.29, 0.717) is 12.0 Å². The Morgan fingerprint density at radius 1 is 1.30 bits per heavy atom. The lowest BCUT2D eigenvalue weighted by atomic mass is 9.94. The van der Waals surface area contributed by atoms with Crippen molar-refractivity contribution in [2.75, 3.05) is 19.6 Å². The normalized spacial score (nSPS) is 28.1. The first-order valence-corrected chi connectivity index (χ1v) is 8.51. The van der Waals surface area contributed by atoms with Crippen LogP contribution in [0.4, 0.5) is 0 Å². The molecule has 2 aliphatic rings. The molecule has 0 bridgehead atoms. The smallest absolute Gasteiger partial charge is 0.237 e. The van der Waals surface area contributed by atoms with Gasteiger partial charge in [0.25, 0.3) is 0 Å². The molecule has 0 aromatic heterocycles. The number of carbonyl (C=O) groups excluding carboxylic acids is 1. The van der Waals surface area contributed by atoms with Gasteiger partial charge >= 0.3 is 0 Å². The van der Waals surface area contributed by atoms with Gasteiger partial charge in [-0.25, -0.2) is 0 Å². The monoisotopic (exact) mass is 337 g/mol. The molecule has 3 atom stereocenters. The van der Waals surface area contributed by atoms with Gasteiger partial charge in [0.05, 0.1) is 6.04 Å². The lowest BCUT2D eigenvalue weighted by Gasteiger charge is -2.28. The van der Waals surface area contributed by atoms with Gasteiger partial charge in [-0.3, -0.25) is 9.69 Å². The molecule has 1 aromatic carbocycles. The molecule has 3 rings (SSSR count). The number of benzene rings is 1. The molecule has 3 unspecified atom stereocenters. The predicted octanol–water partition coefficient (Wildman–Crippen LogP) is 2.19. The van der Waals surface area contributed by atoms with Crippen molar-refractivity contribution in [1.29, 1.82) is 0 Å². The van der Waals surface area contributed by atoms with Gasteiger partial charge in [-0.1, -0.05) is 37.3 Å². The molecule has 5 heteroatoms. The van der Waals surface area contributed by atoms with Crippen LogP contribution in [0, 0.1) is 5.92 Å². The van der Waals surface area contributed by atoms with E-state index in [1.165, 1.54) is 12.0 Å². The number of halogens is 1. The third kappa shape index (κ3) is 5.20. The summed E-state index contributed by atoms with van der Waals surface area (Å²) in [5.74, 6) is 0.841. The molecule has 1 aromatic rings. The van der Waals surface area contributed by atoms with Gasteiger partial charge in [-0.2, -0.15) is 0 Å². The fourth-order valence-corrected chi connectivity index (χ4v) is 3.54. The minimum absolute atomic E-state index is 0. The average molecular weight is 338 g/mol. The summed E-state index contributed by atoms with van der Waals surface area (Å²) in [6, 6.07) is 10.9. The van der Waals surface area contributed by atoms with Crippen molar-refractivity contribution in [3.8, 4) is 0 Å². The van der Waals surface area contributed by atoms with Gasteiger partial charge in [0, 0.05) is 25.7 Å². The van der Waals surface area contributed by atoms with Crippen molar-refractivity contribution in [1.82, 2.24) is 15.5 Å². The summed E-state index contributed by atoms with van der Waals surface area (Å²) >= 11 is 0. The number of carbonyl (C=O) groups is 1. The molecule has 23 heavy (non-hydrogen) atoms. The van der Waals surface area contributed by atoms with Crippen molar-refractivity contribution in [3.63, 3.8) is 0 Å². The van der Waals surface area contributed by atoms with Crippen LogP contribution in [0.2, 0.25) is 0 Å². The SMILES string of the molecule is CC1CCNC(C(=O)NC2CCN(Cc3ccccc3)C2)C1.Cl. The summed E-state index contributed by atoms with van der Waals surface area (Å²) < 4.78 is 0. The van der Waals surface area contributed by atoms with Gasteiger partial charge < -0.3 is 10.6 Å². The molecule has 0 saturated carbocycles. The fraction of sp³-hybridized carbons (Fsp3) is 0.611. The van der Waals surface area contributed by atoms with Crippen LogP contribution < -0.4 is 10.6 Å². The highest BCUT2D eigenvalue weighted by Gasteiger charge is 2.29. The van der Waals surface area contributed by atoms with Gasteiger partial charge in [-0.05, 0) is 37.3 Å². The molecule has 2 heterocycles. The lowest BCUT2D eigenvalue weighted by Crippen LogP contribution is -2.51. The van der Waals surface area contributed by atoms with Crippen LogP contribution >= 0.6 is 12.4 Å². The number of amides is 1. The number of nitrogens with zero attached hydrogens (tertiary/aromatic N) is 1. The summed E-state index contributed by atoms with van der Waals surface area (Å²) in [5.41, 5.74) is 1.34. The highest BCUT2D eigenvalue weighted by Crippen LogP contribution is 2.17. The van der Waals surface area contributed by atoms with Gasteiger partial charge in [0.2, 0.25) is 5.91 Å². The van der Waals surface area contributed by atoms with E-state index >= 15 is 0 Å². The van der Waals surface area contributed by atoms with Crippen molar-refractivity contribution in [2.24, 2.45) is 5.92 Å². The largest absolute Gasteiger partial charge is 0.351 e. The minimum atomic E-state index is 0. The summed E-state index contributed by atoms with van der Waals surface area (Å²) in [5, 5.41) is 6.59. The maximum Gasteiger partial charge on any atom is 0.237 e. The van der Waals surface area contributed by atoms with Crippen LogP contribution in [-0.4, -0.2) is 42.5 Å². The summed E-state index contributed by atoms with van der Waals surface area (Å²) in [6.45, 7) is 6.20. The zero-order chi connectivity index (χ0) is 15.4. The molecule has 128 valence electrons. The second kappa shape index (κ2) is 8.67. The zero-order valence-electron chi connectivity index (χ0n) is 13.8. The molecular formula is C18H28ClN3O. The Balaban J connectivity index is 0.00000192. The van der Waals surface area contributed by atoms with Gasteiger partial charge in [0.1, 0.15) is 0 Å². The average Bonchev–Trinajstić information content (AvgIpc) is 2.95. The van der Waals surface area contributed by atoms with Crippen LogP contribution in [0.1, 0.15) is 31.7 Å². The highest BCUT2D eigenvalue weighted by molar-refractivity contribution is 5.85. The maximum atomic E-state index is 12.4. The van der Waals surface area contributed by atoms with E-state index < -0.39 is 0 Å². The quantitative estimate of drug-likeness (QED) is 0.885. The first-order valence-electron chi connectivity index (χ1n) is 8.51. The van der Waals surface area contributed by atoms with E-state index in [-0.39, 0.29) is 24.4 Å². The number of hydrogen-bond acceptors (Lipinski definition) is 3. The van der Waals surface area contributed by atoms with E-state index in [9.17, 15) is 4.79 Å². The van der Waals surface area contributed by atoms with E-state index in [4.69, 9.17) is 0 Å².